The molecule has 0 radical (unpaired) electrons. The fraction of sp³-hybridized carbons (Fsp3) is 0.500. The molecule has 3 N–H and O–H groups in total. The molecule has 0 aliphatic heterocycles. The zero-order chi connectivity index (χ0) is 13.0. The van der Waals surface area contributed by atoms with E-state index in [1.165, 1.54) is 0 Å². The Morgan fingerprint density at radius 1 is 1.47 bits per heavy atom. The Balaban J connectivity index is 2.68. The summed E-state index contributed by atoms with van der Waals surface area (Å²) in [5.74, 6) is -0.371. The molecule has 0 saturated carbocycles. The van der Waals surface area contributed by atoms with Crippen molar-refractivity contribution in [3.63, 3.8) is 0 Å². The molecule has 1 aromatic heterocycles. The van der Waals surface area contributed by atoms with Crippen molar-refractivity contribution in [3.05, 3.63) is 22.4 Å². The number of carbonyl (C=O) groups is 1. The van der Waals surface area contributed by atoms with Crippen LogP contribution in [-0.2, 0) is 4.79 Å². The lowest BCUT2D eigenvalue weighted by Crippen LogP contribution is -2.41. The van der Waals surface area contributed by atoms with Crippen LogP contribution in [0.3, 0.4) is 0 Å². The van der Waals surface area contributed by atoms with Crippen LogP contribution < -0.4 is 11.1 Å². The number of carbonyl (C=O) groups excluding carboxylic acids is 1. The Kier molecular flexibility index (Phi) is 5.08. The monoisotopic (exact) mass is 270 g/mol. The van der Waals surface area contributed by atoms with E-state index in [1.54, 1.807) is 11.3 Å². The maximum absolute atomic E-state index is 12.1. The van der Waals surface area contributed by atoms with Crippen molar-refractivity contribution < 1.29 is 4.79 Å². The summed E-state index contributed by atoms with van der Waals surface area (Å²) in [4.78, 5) is 13.4. The minimum atomic E-state index is -0.396. The Morgan fingerprint density at radius 2 is 2.12 bits per heavy atom. The van der Waals surface area contributed by atoms with Crippen molar-refractivity contribution in [1.29, 1.82) is 0 Å². The zero-order valence-corrected chi connectivity index (χ0v) is 11.9. The molecule has 0 bridgehead atoms. The standard InChI is InChI=1S/C12H18N2OS2/c1-7(2)10(11(13)16)12(15)14-8(3)9-5-4-6-17-9/h4-8,10H,1-3H3,(H2,13,16)(H,14,15). The van der Waals surface area contributed by atoms with Crippen molar-refractivity contribution in [2.75, 3.05) is 0 Å². The van der Waals surface area contributed by atoms with Gasteiger partial charge in [-0.2, -0.15) is 0 Å². The highest BCUT2D eigenvalue weighted by Crippen LogP contribution is 2.20. The van der Waals surface area contributed by atoms with Gasteiger partial charge in [-0.05, 0) is 24.3 Å². The average Bonchev–Trinajstić information content (AvgIpc) is 2.68. The van der Waals surface area contributed by atoms with Crippen molar-refractivity contribution in [2.24, 2.45) is 17.6 Å². The molecule has 1 heterocycles. The van der Waals surface area contributed by atoms with Crippen molar-refractivity contribution in [1.82, 2.24) is 5.32 Å². The summed E-state index contributed by atoms with van der Waals surface area (Å²) >= 11 is 6.56. The van der Waals surface area contributed by atoms with Gasteiger partial charge >= 0.3 is 0 Å². The van der Waals surface area contributed by atoms with E-state index in [4.69, 9.17) is 18.0 Å². The second kappa shape index (κ2) is 6.12. The van der Waals surface area contributed by atoms with Crippen molar-refractivity contribution >= 4 is 34.5 Å². The van der Waals surface area contributed by atoms with Gasteiger partial charge in [0.2, 0.25) is 5.91 Å². The van der Waals surface area contributed by atoms with Crippen molar-refractivity contribution in [2.45, 2.75) is 26.8 Å². The molecule has 0 saturated heterocycles. The van der Waals surface area contributed by atoms with E-state index in [2.05, 4.69) is 5.32 Å². The second-order valence-corrected chi connectivity index (χ2v) is 5.82. The molecule has 2 unspecified atom stereocenters. The minimum Gasteiger partial charge on any atom is -0.393 e. The van der Waals surface area contributed by atoms with Gasteiger partial charge in [0.05, 0.1) is 16.9 Å². The fourth-order valence-electron chi connectivity index (χ4n) is 1.67. The number of hydrogen-bond acceptors (Lipinski definition) is 3. The first-order valence-corrected chi connectivity index (χ1v) is 6.85. The highest BCUT2D eigenvalue weighted by atomic mass is 32.1. The van der Waals surface area contributed by atoms with E-state index in [0.29, 0.717) is 0 Å². The molecule has 3 nitrogen and oxygen atoms in total. The Labute approximate surface area is 111 Å². The van der Waals surface area contributed by atoms with Crippen LogP contribution >= 0.6 is 23.6 Å². The maximum Gasteiger partial charge on any atom is 0.230 e. The Morgan fingerprint density at radius 3 is 2.53 bits per heavy atom. The quantitative estimate of drug-likeness (QED) is 0.808. The van der Waals surface area contributed by atoms with E-state index in [1.807, 2.05) is 38.3 Å². The highest BCUT2D eigenvalue weighted by Gasteiger charge is 2.26. The van der Waals surface area contributed by atoms with E-state index in [0.717, 1.165) is 4.88 Å². The summed E-state index contributed by atoms with van der Waals surface area (Å²) in [7, 11) is 0. The summed E-state index contributed by atoms with van der Waals surface area (Å²) in [5.41, 5.74) is 5.61. The van der Waals surface area contributed by atoms with Gasteiger partial charge in [0.15, 0.2) is 0 Å². The molecular weight excluding hydrogens is 252 g/mol. The molecule has 1 amide bonds. The summed E-state index contributed by atoms with van der Waals surface area (Å²) < 4.78 is 0. The molecule has 0 aliphatic rings. The molecule has 17 heavy (non-hydrogen) atoms. The van der Waals surface area contributed by atoms with Gasteiger partial charge in [-0.15, -0.1) is 11.3 Å². The van der Waals surface area contributed by atoms with Crippen LogP contribution in [0, 0.1) is 11.8 Å². The largest absolute Gasteiger partial charge is 0.393 e. The molecule has 0 fully saturated rings. The molecule has 0 spiro atoms. The SMILES string of the molecule is CC(NC(=O)C(C(N)=S)C(C)C)c1cccs1. The van der Waals surface area contributed by atoms with Gasteiger partial charge in [0, 0.05) is 4.88 Å². The first kappa shape index (κ1) is 14.1. The van der Waals surface area contributed by atoms with E-state index in [-0.39, 0.29) is 22.9 Å². The van der Waals surface area contributed by atoms with Crippen LogP contribution in [0.5, 0.6) is 0 Å². The molecule has 1 aromatic rings. The third-order valence-electron chi connectivity index (χ3n) is 2.58. The van der Waals surface area contributed by atoms with Gasteiger partial charge in [0.25, 0.3) is 0 Å². The summed E-state index contributed by atoms with van der Waals surface area (Å²) in [6.45, 7) is 5.85. The molecule has 94 valence electrons. The third-order valence-corrected chi connectivity index (χ3v) is 3.89. The Hall–Kier alpha value is -0.940. The lowest BCUT2D eigenvalue weighted by molar-refractivity contribution is -0.124. The number of nitrogens with two attached hydrogens (primary N) is 1. The number of thiocarbonyl (C=S) groups is 1. The minimum absolute atomic E-state index is 0.00176. The molecule has 2 atom stereocenters. The zero-order valence-electron chi connectivity index (χ0n) is 10.3. The van der Waals surface area contributed by atoms with Gasteiger partial charge in [-0.1, -0.05) is 32.1 Å². The maximum atomic E-state index is 12.1. The number of thiophene rings is 1. The van der Waals surface area contributed by atoms with E-state index < -0.39 is 5.92 Å². The number of nitrogens with one attached hydrogen (secondary N) is 1. The molecule has 1 rings (SSSR count). The lowest BCUT2D eigenvalue weighted by atomic mass is 9.94. The topological polar surface area (TPSA) is 55.1 Å². The van der Waals surface area contributed by atoms with Crippen LogP contribution in [0.2, 0.25) is 0 Å². The summed E-state index contributed by atoms with van der Waals surface area (Å²) in [6, 6.07) is 3.97. The summed E-state index contributed by atoms with van der Waals surface area (Å²) in [5, 5.41) is 4.94. The lowest BCUT2D eigenvalue weighted by Gasteiger charge is -2.21. The van der Waals surface area contributed by atoms with Gasteiger partial charge in [-0.3, -0.25) is 4.79 Å². The second-order valence-electron chi connectivity index (χ2n) is 4.37. The third kappa shape index (κ3) is 3.78. The average molecular weight is 270 g/mol. The normalized spacial score (nSPS) is 14.4. The molecule has 5 heteroatoms. The van der Waals surface area contributed by atoms with Crippen LogP contribution in [0.1, 0.15) is 31.7 Å². The number of hydrogen-bond donors (Lipinski definition) is 2. The Bertz CT molecular complexity index is 387. The van der Waals surface area contributed by atoms with E-state index in [9.17, 15) is 4.79 Å². The predicted molar refractivity (Wildman–Crippen MR) is 76.0 cm³/mol. The summed E-state index contributed by atoms with van der Waals surface area (Å²) in [6.07, 6.45) is 0. The van der Waals surface area contributed by atoms with Crippen LogP contribution in [0.15, 0.2) is 17.5 Å². The number of amides is 1. The predicted octanol–water partition coefficient (Wildman–Crippen LogP) is 2.48. The first-order chi connectivity index (χ1) is 7.93. The molecule has 0 aliphatic carbocycles. The van der Waals surface area contributed by atoms with Gasteiger partial charge < -0.3 is 11.1 Å². The van der Waals surface area contributed by atoms with Crippen LogP contribution in [-0.4, -0.2) is 10.9 Å². The smallest absolute Gasteiger partial charge is 0.230 e. The van der Waals surface area contributed by atoms with Crippen LogP contribution in [0.25, 0.3) is 0 Å². The van der Waals surface area contributed by atoms with Crippen LogP contribution in [0.4, 0.5) is 0 Å². The molecular formula is C12H18N2OS2. The molecule has 0 aromatic carbocycles. The van der Waals surface area contributed by atoms with Gasteiger partial charge in [-0.25, -0.2) is 0 Å². The van der Waals surface area contributed by atoms with E-state index >= 15 is 0 Å². The van der Waals surface area contributed by atoms with Crippen molar-refractivity contribution in [3.8, 4) is 0 Å². The van der Waals surface area contributed by atoms with Gasteiger partial charge in [0.1, 0.15) is 0 Å². The highest BCUT2D eigenvalue weighted by molar-refractivity contribution is 7.80. The number of rotatable bonds is 5. The fourth-order valence-corrected chi connectivity index (χ4v) is 2.79. The first-order valence-electron chi connectivity index (χ1n) is 5.56.